The van der Waals surface area contributed by atoms with E-state index in [9.17, 15) is 0 Å². The molecule has 0 aliphatic carbocycles. The van der Waals surface area contributed by atoms with E-state index < -0.39 is 0 Å². The maximum absolute atomic E-state index is 5.94. The topological polar surface area (TPSA) is 81.1 Å². The number of nitrogen functional groups attached to an aromatic ring is 2. The molecule has 0 radical (unpaired) electrons. The fourth-order valence-corrected chi connectivity index (χ4v) is 1.86. The van der Waals surface area contributed by atoms with Gasteiger partial charge in [0.2, 0.25) is 0 Å². The number of anilines is 4. The van der Waals surface area contributed by atoms with Gasteiger partial charge in [-0.05, 0) is 31.5 Å². The first kappa shape index (κ1) is 12.2. The number of nitrogens with two attached hydrogens (primary N) is 2. The summed E-state index contributed by atoms with van der Waals surface area (Å²) in [5.41, 5.74) is 14.3. The monoisotopic (exact) mass is 243 g/mol. The fourth-order valence-electron chi connectivity index (χ4n) is 1.86. The Kier molecular flexibility index (Phi) is 3.32. The number of benzene rings is 1. The molecule has 0 saturated carbocycles. The van der Waals surface area contributed by atoms with Gasteiger partial charge in [-0.25, -0.2) is 9.97 Å². The molecule has 0 bridgehead atoms. The molecule has 0 fully saturated rings. The van der Waals surface area contributed by atoms with Crippen molar-refractivity contribution in [2.45, 2.75) is 13.8 Å². The van der Waals surface area contributed by atoms with Crippen LogP contribution in [0.5, 0.6) is 0 Å². The van der Waals surface area contributed by atoms with Gasteiger partial charge in [0.15, 0.2) is 11.6 Å². The van der Waals surface area contributed by atoms with Gasteiger partial charge in [-0.15, -0.1) is 0 Å². The van der Waals surface area contributed by atoms with Crippen LogP contribution in [0.1, 0.15) is 12.5 Å². The minimum absolute atomic E-state index is 0.311. The second kappa shape index (κ2) is 4.91. The van der Waals surface area contributed by atoms with Crippen LogP contribution in [0.3, 0.4) is 0 Å². The number of aryl methyl sites for hydroxylation is 1. The Morgan fingerprint density at radius 1 is 1.22 bits per heavy atom. The van der Waals surface area contributed by atoms with E-state index in [1.54, 1.807) is 0 Å². The lowest BCUT2D eigenvalue weighted by Crippen LogP contribution is -2.20. The highest BCUT2D eigenvalue weighted by atomic mass is 15.2. The van der Waals surface area contributed by atoms with Gasteiger partial charge in [-0.2, -0.15) is 0 Å². The number of hydrogen-bond donors (Lipinski definition) is 2. The number of hydrogen-bond acceptors (Lipinski definition) is 5. The Hall–Kier alpha value is -2.30. The number of aromatic nitrogens is 2. The van der Waals surface area contributed by atoms with E-state index in [1.165, 1.54) is 11.9 Å². The second-order valence-electron chi connectivity index (χ2n) is 4.08. The normalized spacial score (nSPS) is 10.3. The van der Waals surface area contributed by atoms with Crippen molar-refractivity contribution in [2.75, 3.05) is 22.9 Å². The van der Waals surface area contributed by atoms with Crippen molar-refractivity contribution in [2.24, 2.45) is 0 Å². The summed E-state index contributed by atoms with van der Waals surface area (Å²) in [6, 6.07) is 8.17. The SMILES string of the molecule is CCN(c1cccc(C)c1)c1ncnc(N)c1N. The maximum atomic E-state index is 5.94. The highest BCUT2D eigenvalue weighted by molar-refractivity contribution is 5.77. The van der Waals surface area contributed by atoms with Crippen LogP contribution < -0.4 is 16.4 Å². The van der Waals surface area contributed by atoms with E-state index >= 15 is 0 Å². The quantitative estimate of drug-likeness (QED) is 0.862. The minimum atomic E-state index is 0.311. The molecule has 0 aliphatic rings. The van der Waals surface area contributed by atoms with E-state index in [-0.39, 0.29) is 0 Å². The largest absolute Gasteiger partial charge is 0.393 e. The lowest BCUT2D eigenvalue weighted by atomic mass is 10.2. The lowest BCUT2D eigenvalue weighted by molar-refractivity contribution is 0.980. The number of nitrogens with zero attached hydrogens (tertiary/aromatic N) is 3. The van der Waals surface area contributed by atoms with Gasteiger partial charge in [-0.1, -0.05) is 12.1 Å². The zero-order chi connectivity index (χ0) is 13.1. The van der Waals surface area contributed by atoms with Gasteiger partial charge in [0.05, 0.1) is 0 Å². The van der Waals surface area contributed by atoms with Crippen molar-refractivity contribution in [3.8, 4) is 0 Å². The summed E-state index contributed by atoms with van der Waals surface area (Å²) in [4.78, 5) is 10.1. The summed E-state index contributed by atoms with van der Waals surface area (Å²) in [5, 5.41) is 0. The van der Waals surface area contributed by atoms with E-state index in [0.717, 1.165) is 12.2 Å². The molecule has 0 aliphatic heterocycles. The molecule has 5 heteroatoms. The van der Waals surface area contributed by atoms with Crippen molar-refractivity contribution in [1.82, 2.24) is 9.97 Å². The Balaban J connectivity index is 2.49. The molecule has 0 unspecified atom stereocenters. The molecular formula is C13H17N5. The Bertz CT molecular complexity index is 553. The smallest absolute Gasteiger partial charge is 0.161 e. The van der Waals surface area contributed by atoms with Crippen LogP contribution in [-0.2, 0) is 0 Å². The minimum Gasteiger partial charge on any atom is -0.393 e. The summed E-state index contributed by atoms with van der Waals surface area (Å²) < 4.78 is 0. The highest BCUT2D eigenvalue weighted by Gasteiger charge is 2.14. The molecular weight excluding hydrogens is 226 g/mol. The van der Waals surface area contributed by atoms with Crippen LogP contribution in [0.25, 0.3) is 0 Å². The van der Waals surface area contributed by atoms with Gasteiger partial charge < -0.3 is 16.4 Å². The molecule has 0 saturated heterocycles. The van der Waals surface area contributed by atoms with Crippen LogP contribution >= 0.6 is 0 Å². The van der Waals surface area contributed by atoms with Gasteiger partial charge in [0, 0.05) is 12.2 Å². The first-order valence-corrected chi connectivity index (χ1v) is 5.83. The highest BCUT2D eigenvalue weighted by Crippen LogP contribution is 2.30. The van der Waals surface area contributed by atoms with E-state index in [2.05, 4.69) is 29.0 Å². The van der Waals surface area contributed by atoms with Gasteiger partial charge in [0.25, 0.3) is 0 Å². The molecule has 94 valence electrons. The summed E-state index contributed by atoms with van der Waals surface area (Å²) >= 11 is 0. The molecule has 2 rings (SSSR count). The molecule has 2 aromatic rings. The van der Waals surface area contributed by atoms with Crippen LogP contribution in [0.2, 0.25) is 0 Å². The Morgan fingerprint density at radius 2 is 2.00 bits per heavy atom. The van der Waals surface area contributed by atoms with Crippen molar-refractivity contribution >= 4 is 23.0 Å². The van der Waals surface area contributed by atoms with Crippen LogP contribution in [0.15, 0.2) is 30.6 Å². The third kappa shape index (κ3) is 2.20. The molecule has 18 heavy (non-hydrogen) atoms. The maximum Gasteiger partial charge on any atom is 0.161 e. The van der Waals surface area contributed by atoms with Crippen LogP contribution in [-0.4, -0.2) is 16.5 Å². The molecule has 5 nitrogen and oxygen atoms in total. The lowest BCUT2D eigenvalue weighted by Gasteiger charge is -2.23. The van der Waals surface area contributed by atoms with E-state index in [1.807, 2.05) is 24.0 Å². The van der Waals surface area contributed by atoms with Crippen molar-refractivity contribution in [3.05, 3.63) is 36.2 Å². The first-order valence-electron chi connectivity index (χ1n) is 5.83. The molecule has 1 heterocycles. The Labute approximate surface area is 106 Å². The zero-order valence-corrected chi connectivity index (χ0v) is 10.6. The fraction of sp³-hybridized carbons (Fsp3) is 0.231. The van der Waals surface area contributed by atoms with Crippen LogP contribution in [0, 0.1) is 6.92 Å². The molecule has 1 aromatic carbocycles. The van der Waals surface area contributed by atoms with Gasteiger partial charge in [0.1, 0.15) is 12.0 Å². The van der Waals surface area contributed by atoms with Crippen LogP contribution in [0.4, 0.5) is 23.0 Å². The molecule has 4 N–H and O–H groups in total. The summed E-state index contributed by atoms with van der Waals surface area (Å²) in [6.07, 6.45) is 1.43. The summed E-state index contributed by atoms with van der Waals surface area (Å²) in [6.45, 7) is 4.85. The second-order valence-corrected chi connectivity index (χ2v) is 4.08. The molecule has 0 spiro atoms. The van der Waals surface area contributed by atoms with E-state index in [0.29, 0.717) is 17.3 Å². The van der Waals surface area contributed by atoms with Crippen molar-refractivity contribution < 1.29 is 0 Å². The standard InChI is InChI=1S/C13H17N5/c1-3-18(10-6-4-5-9(2)7-10)13-11(14)12(15)16-8-17-13/h4-8H,3,14H2,1-2H3,(H2,15,16,17). The predicted octanol–water partition coefficient (Wildman–Crippen LogP) is 2.11. The summed E-state index contributed by atoms with van der Waals surface area (Å²) in [5.74, 6) is 0.960. The van der Waals surface area contributed by atoms with E-state index in [4.69, 9.17) is 11.5 Å². The third-order valence-corrected chi connectivity index (χ3v) is 2.78. The van der Waals surface area contributed by atoms with Gasteiger partial charge in [-0.3, -0.25) is 0 Å². The third-order valence-electron chi connectivity index (χ3n) is 2.78. The van der Waals surface area contributed by atoms with Crippen molar-refractivity contribution in [3.63, 3.8) is 0 Å². The first-order chi connectivity index (χ1) is 8.63. The molecule has 1 aromatic heterocycles. The average Bonchev–Trinajstić information content (AvgIpc) is 2.35. The number of rotatable bonds is 3. The molecule has 0 amide bonds. The van der Waals surface area contributed by atoms with Crippen molar-refractivity contribution in [1.29, 1.82) is 0 Å². The zero-order valence-electron chi connectivity index (χ0n) is 10.6. The Morgan fingerprint density at radius 3 is 2.67 bits per heavy atom. The van der Waals surface area contributed by atoms with Gasteiger partial charge >= 0.3 is 0 Å². The molecule has 0 atom stereocenters. The summed E-state index contributed by atoms with van der Waals surface area (Å²) in [7, 11) is 0. The predicted molar refractivity (Wildman–Crippen MR) is 74.7 cm³/mol. The average molecular weight is 243 g/mol.